The minimum atomic E-state index is -4.16. The number of aliphatic hydroxyl groups excluding tert-OH is 1. The van der Waals surface area contributed by atoms with Crippen LogP contribution in [-0.4, -0.2) is 82.1 Å². The van der Waals surface area contributed by atoms with E-state index in [-0.39, 0.29) is 37.4 Å². The molecule has 2 fully saturated rings. The van der Waals surface area contributed by atoms with Crippen molar-refractivity contribution in [3.63, 3.8) is 0 Å². The molecule has 4 rings (SSSR count). The fraction of sp³-hybridized carbons (Fsp3) is 0.536. The van der Waals surface area contributed by atoms with E-state index in [9.17, 15) is 18.3 Å². The van der Waals surface area contributed by atoms with Crippen LogP contribution in [0.15, 0.2) is 59.5 Å². The monoisotopic (exact) mass is 578 g/mol. The molecule has 11 nitrogen and oxygen atoms in total. The Hall–Kier alpha value is -2.74. The van der Waals surface area contributed by atoms with Gasteiger partial charge in [-0.15, -0.1) is 0 Å². The first-order valence-corrected chi connectivity index (χ1v) is 15.0. The van der Waals surface area contributed by atoms with Gasteiger partial charge in [-0.05, 0) is 49.1 Å². The molecule has 0 spiro atoms. The second-order valence-corrected chi connectivity index (χ2v) is 11.8. The third-order valence-electron chi connectivity index (χ3n) is 6.89. The third kappa shape index (κ3) is 8.63. The number of rotatable bonds is 12. The topological polar surface area (TPSA) is 133 Å². The molecule has 1 saturated heterocycles. The molecule has 1 saturated carbocycles. The molecular weight excluding hydrogens is 540 g/mol. The highest BCUT2D eigenvalue weighted by Crippen LogP contribution is 2.26. The molecule has 40 heavy (non-hydrogen) atoms. The first-order valence-electron chi connectivity index (χ1n) is 13.5. The Kier molecular flexibility index (Phi) is 11.2. The van der Waals surface area contributed by atoms with Gasteiger partial charge in [-0.2, -0.15) is 0 Å². The number of carbonyl (C=O) groups is 1. The van der Waals surface area contributed by atoms with Crippen molar-refractivity contribution in [3.8, 4) is 5.75 Å². The molecule has 0 radical (unpaired) electrons. The van der Waals surface area contributed by atoms with Crippen molar-refractivity contribution >= 4 is 16.1 Å². The maximum absolute atomic E-state index is 13.7. The average molecular weight is 579 g/mol. The van der Waals surface area contributed by atoms with Gasteiger partial charge in [0.25, 0.3) is 10.0 Å². The maximum Gasteiger partial charge on any atom is 0.407 e. The van der Waals surface area contributed by atoms with Crippen LogP contribution in [0.4, 0.5) is 4.79 Å². The summed E-state index contributed by atoms with van der Waals surface area (Å²) in [4.78, 5) is 18.8. The number of hydrogen-bond donors (Lipinski definition) is 2. The zero-order chi connectivity index (χ0) is 28.4. The van der Waals surface area contributed by atoms with Crippen LogP contribution < -0.4 is 10.1 Å². The number of alkyl carbamates (subject to hydrolysis) is 1. The number of nitrogens with zero attached hydrogens (tertiary/aromatic N) is 1. The molecular formula is C28H38N2O9S. The molecule has 2 atom stereocenters. The van der Waals surface area contributed by atoms with E-state index in [2.05, 4.69) is 5.32 Å². The van der Waals surface area contributed by atoms with Crippen LogP contribution in [-0.2, 0) is 35.5 Å². The lowest BCUT2D eigenvalue weighted by Gasteiger charge is -2.32. The van der Waals surface area contributed by atoms with E-state index in [0.29, 0.717) is 18.6 Å². The third-order valence-corrected chi connectivity index (χ3v) is 8.53. The number of hydroxylamine groups is 1. The Bertz CT molecular complexity index is 1150. The fourth-order valence-electron chi connectivity index (χ4n) is 4.70. The van der Waals surface area contributed by atoms with Crippen molar-refractivity contribution in [1.29, 1.82) is 0 Å². The zero-order valence-electron chi connectivity index (χ0n) is 22.6. The predicted octanol–water partition coefficient (Wildman–Crippen LogP) is 3.02. The van der Waals surface area contributed by atoms with Crippen molar-refractivity contribution < 1.29 is 42.1 Å². The first kappa shape index (κ1) is 30.2. The fourth-order valence-corrected chi connectivity index (χ4v) is 6.00. The maximum atomic E-state index is 13.7. The van der Waals surface area contributed by atoms with Crippen LogP contribution in [0.2, 0.25) is 0 Å². The van der Waals surface area contributed by atoms with Crippen molar-refractivity contribution in [2.45, 2.75) is 67.8 Å². The lowest BCUT2D eigenvalue weighted by molar-refractivity contribution is -0.157. The highest BCUT2D eigenvalue weighted by molar-refractivity contribution is 7.89. The summed E-state index contributed by atoms with van der Waals surface area (Å²) in [5, 5.41) is 14.1. The Labute approximate surface area is 235 Å². The molecule has 220 valence electrons. The number of ether oxygens (including phenoxy) is 4. The lowest BCUT2D eigenvalue weighted by Crippen LogP contribution is -2.52. The summed E-state index contributed by atoms with van der Waals surface area (Å²) in [5.41, 5.74) is 0.842. The number of nitrogens with one attached hydrogen (secondary N) is 1. The van der Waals surface area contributed by atoms with Gasteiger partial charge in [-0.1, -0.05) is 54.1 Å². The summed E-state index contributed by atoms with van der Waals surface area (Å²) < 4.78 is 49.2. The number of aliphatic hydroxyl groups is 1. The second-order valence-electron chi connectivity index (χ2n) is 9.93. The summed E-state index contributed by atoms with van der Waals surface area (Å²) in [6, 6.07) is 14.4. The largest absolute Gasteiger partial charge is 0.497 e. The molecule has 0 bridgehead atoms. The van der Waals surface area contributed by atoms with E-state index in [1.54, 1.807) is 12.1 Å². The molecule has 2 aliphatic rings. The number of carbonyl (C=O) groups excluding carboxylic acids is 1. The molecule has 1 aliphatic heterocycles. The van der Waals surface area contributed by atoms with Crippen molar-refractivity contribution in [2.75, 3.05) is 33.7 Å². The van der Waals surface area contributed by atoms with Gasteiger partial charge < -0.3 is 29.4 Å². The SMILES string of the molecule is COc1ccc(S(=O)(=O)N(CC(O)C(Cc2ccccc2)NC(=O)OC2COCOC2)OC2CCCCC2)cc1. The van der Waals surface area contributed by atoms with Gasteiger partial charge in [0, 0.05) is 0 Å². The van der Waals surface area contributed by atoms with Crippen molar-refractivity contribution in [3.05, 3.63) is 60.2 Å². The summed E-state index contributed by atoms with van der Waals surface area (Å²) >= 11 is 0. The molecule has 2 unspecified atom stereocenters. The van der Waals surface area contributed by atoms with Crippen molar-refractivity contribution in [1.82, 2.24) is 9.79 Å². The highest BCUT2D eigenvalue weighted by Gasteiger charge is 2.34. The Morgan fingerprint density at radius 3 is 2.35 bits per heavy atom. The zero-order valence-corrected chi connectivity index (χ0v) is 23.5. The highest BCUT2D eigenvalue weighted by atomic mass is 32.2. The predicted molar refractivity (Wildman–Crippen MR) is 145 cm³/mol. The second kappa shape index (κ2) is 14.8. The Morgan fingerprint density at radius 2 is 1.70 bits per heavy atom. The smallest absolute Gasteiger partial charge is 0.407 e. The summed E-state index contributed by atoms with van der Waals surface area (Å²) in [5.74, 6) is 0.512. The molecule has 1 amide bonds. The number of methoxy groups -OCH3 is 1. The Morgan fingerprint density at radius 1 is 1.02 bits per heavy atom. The van der Waals surface area contributed by atoms with E-state index < -0.39 is 40.9 Å². The summed E-state index contributed by atoms with van der Waals surface area (Å²) in [6.07, 6.45) is 1.60. The minimum Gasteiger partial charge on any atom is -0.497 e. The van der Waals surface area contributed by atoms with Crippen LogP contribution in [0.25, 0.3) is 0 Å². The average Bonchev–Trinajstić information content (AvgIpc) is 2.98. The molecule has 1 aliphatic carbocycles. The molecule has 2 N–H and O–H groups in total. The van der Waals surface area contributed by atoms with E-state index in [1.807, 2.05) is 30.3 Å². The van der Waals surface area contributed by atoms with E-state index in [1.165, 1.54) is 19.2 Å². The van der Waals surface area contributed by atoms with Crippen LogP contribution >= 0.6 is 0 Å². The summed E-state index contributed by atoms with van der Waals surface area (Å²) in [6.45, 7) is 0.124. The van der Waals surface area contributed by atoms with Crippen LogP contribution in [0.5, 0.6) is 5.75 Å². The van der Waals surface area contributed by atoms with Gasteiger partial charge in [0.2, 0.25) is 0 Å². The number of benzene rings is 2. The standard InChI is InChI=1S/C28H38N2O9S/c1-35-22-12-14-25(15-13-22)40(33,34)30(39-23-10-6-3-7-11-23)17-27(31)26(16-21-8-4-2-5-9-21)29-28(32)38-24-18-36-20-37-19-24/h2,4-5,8-9,12-15,23-24,26-27,31H,3,6-7,10-11,16-20H2,1H3,(H,29,32). The van der Waals surface area contributed by atoms with Gasteiger partial charge in [-0.25, -0.2) is 13.2 Å². The van der Waals surface area contributed by atoms with Gasteiger partial charge >= 0.3 is 6.09 Å². The molecule has 2 aromatic rings. The summed E-state index contributed by atoms with van der Waals surface area (Å²) in [7, 11) is -2.66. The number of amides is 1. The van der Waals surface area contributed by atoms with Crippen LogP contribution in [0.1, 0.15) is 37.7 Å². The van der Waals surface area contributed by atoms with Crippen LogP contribution in [0, 0.1) is 0 Å². The van der Waals surface area contributed by atoms with Gasteiger partial charge in [-0.3, -0.25) is 4.84 Å². The van der Waals surface area contributed by atoms with E-state index in [4.69, 9.17) is 23.8 Å². The normalized spacial score (nSPS) is 18.7. The van der Waals surface area contributed by atoms with Gasteiger partial charge in [0.05, 0.1) is 50.0 Å². The molecule has 1 heterocycles. The van der Waals surface area contributed by atoms with Crippen molar-refractivity contribution in [2.24, 2.45) is 0 Å². The molecule has 0 aromatic heterocycles. The quantitative estimate of drug-likeness (QED) is 0.365. The molecule has 2 aromatic carbocycles. The first-order chi connectivity index (χ1) is 19.3. The minimum absolute atomic E-state index is 0.000543. The number of hydrogen-bond acceptors (Lipinski definition) is 9. The van der Waals surface area contributed by atoms with Gasteiger partial charge in [0.1, 0.15) is 12.5 Å². The van der Waals surface area contributed by atoms with Crippen LogP contribution in [0.3, 0.4) is 0 Å². The lowest BCUT2D eigenvalue weighted by atomic mass is 9.98. The number of sulfonamides is 1. The van der Waals surface area contributed by atoms with Gasteiger partial charge in [0.15, 0.2) is 6.10 Å². The molecule has 12 heteroatoms. The van der Waals surface area contributed by atoms with E-state index in [0.717, 1.165) is 29.3 Å². The Balaban J connectivity index is 1.54. The van der Waals surface area contributed by atoms with E-state index >= 15 is 0 Å².